The Morgan fingerprint density at radius 1 is 0.740 bits per heavy atom. The number of nitrogens with one attached hydrogen (secondary N) is 2. The number of amidine groups is 1. The molecule has 0 radical (unpaired) electrons. The summed E-state index contributed by atoms with van der Waals surface area (Å²) in [6, 6.07) is 29.6. The average Bonchev–Trinajstić information content (AvgIpc) is 3.55. The van der Waals surface area contributed by atoms with Crippen LogP contribution in [0.4, 0.5) is 0 Å². The third-order valence-electron chi connectivity index (χ3n) is 11.4. The Bertz CT molecular complexity index is 2110. The first-order valence-corrected chi connectivity index (χ1v) is 20.8. The molecule has 4 atom stereocenters. The molecule has 5 heteroatoms. The topological polar surface area (TPSA) is 41.4 Å². The van der Waals surface area contributed by atoms with Crippen molar-refractivity contribution in [2.75, 3.05) is 0 Å². The number of aryl methyl sites for hydroxylation is 1. The van der Waals surface area contributed by atoms with Gasteiger partial charge < -0.3 is 9.88 Å². The van der Waals surface area contributed by atoms with Crippen molar-refractivity contribution in [3.05, 3.63) is 156 Å². The van der Waals surface area contributed by atoms with Crippen molar-refractivity contribution in [1.82, 2.24) is 15.2 Å². The largest absolute Gasteiger partial charge is 0.358 e. The van der Waals surface area contributed by atoms with Gasteiger partial charge in [-0.1, -0.05) is 121 Å². The molecule has 4 aromatic rings. The Hall–Kier alpha value is -4.71. The van der Waals surface area contributed by atoms with E-state index in [9.17, 15) is 0 Å². The molecule has 5 aliphatic rings. The first kappa shape index (κ1) is 31.3. The normalized spacial score (nSPS) is 24.2. The highest BCUT2D eigenvalue weighted by atomic mass is 28.3. The molecular weight excluding hydrogens is 625 g/mol. The van der Waals surface area contributed by atoms with Crippen molar-refractivity contribution in [2.24, 2.45) is 4.99 Å². The van der Waals surface area contributed by atoms with E-state index in [4.69, 9.17) is 4.99 Å². The summed E-state index contributed by atoms with van der Waals surface area (Å²) in [7, 11) is -2.93. The fourth-order valence-electron chi connectivity index (χ4n) is 9.16. The number of nitrogens with zero attached hydrogens (tertiary/aromatic N) is 2. The van der Waals surface area contributed by atoms with Gasteiger partial charge in [0.1, 0.15) is 12.3 Å². The molecular formula is C45H46N4Si. The molecule has 4 aliphatic carbocycles. The molecule has 250 valence electrons. The highest BCUT2D eigenvalue weighted by Gasteiger charge is 2.52. The molecule has 0 spiro atoms. The lowest BCUT2D eigenvalue weighted by Crippen LogP contribution is -2.74. The minimum atomic E-state index is -2.93. The SMILES string of the molecule is C1=CCC([Si](C2=NC(c3ccccc3)NC(C3=CCCCC3)N2)(c2ccccc2)c2cccc3c2c2c(n3C3=CCCC=C3)C=CCC2)C=C1. The first-order chi connectivity index (χ1) is 24.8. The van der Waals surface area contributed by atoms with E-state index in [1.165, 1.54) is 67.7 Å². The molecule has 0 amide bonds. The third-order valence-corrected chi connectivity index (χ3v) is 16.5. The van der Waals surface area contributed by atoms with E-state index in [1.54, 1.807) is 0 Å². The lowest BCUT2D eigenvalue weighted by atomic mass is 9.96. The molecule has 4 nitrogen and oxygen atoms in total. The first-order valence-electron chi connectivity index (χ1n) is 18.8. The van der Waals surface area contributed by atoms with Crippen LogP contribution in [0, 0.1) is 0 Å². The number of fused-ring (bicyclic) bond motifs is 3. The second kappa shape index (κ2) is 13.5. The van der Waals surface area contributed by atoms with Crippen LogP contribution >= 0.6 is 0 Å². The highest BCUT2D eigenvalue weighted by Crippen LogP contribution is 2.40. The molecule has 0 saturated carbocycles. The predicted octanol–water partition coefficient (Wildman–Crippen LogP) is 8.90. The molecule has 4 unspecified atom stereocenters. The number of hydrogen-bond acceptors (Lipinski definition) is 3. The zero-order valence-corrected chi connectivity index (χ0v) is 29.8. The molecule has 9 rings (SSSR count). The van der Waals surface area contributed by atoms with Crippen LogP contribution in [0.5, 0.6) is 0 Å². The van der Waals surface area contributed by atoms with Crippen LogP contribution in [0.25, 0.3) is 22.7 Å². The molecule has 1 aliphatic heterocycles. The van der Waals surface area contributed by atoms with Crippen LogP contribution in [0.15, 0.2) is 144 Å². The maximum Gasteiger partial charge on any atom is 0.199 e. The van der Waals surface area contributed by atoms with Crippen molar-refractivity contribution in [3.63, 3.8) is 0 Å². The summed E-state index contributed by atoms with van der Waals surface area (Å²) < 4.78 is 2.56. The van der Waals surface area contributed by atoms with E-state index < -0.39 is 8.07 Å². The van der Waals surface area contributed by atoms with Crippen molar-refractivity contribution >= 4 is 46.6 Å². The van der Waals surface area contributed by atoms with Gasteiger partial charge in [-0.2, -0.15) is 0 Å². The lowest BCUT2D eigenvalue weighted by molar-refractivity contribution is 0.423. The van der Waals surface area contributed by atoms with Gasteiger partial charge in [-0.05, 0) is 109 Å². The monoisotopic (exact) mass is 670 g/mol. The summed E-state index contributed by atoms with van der Waals surface area (Å²) in [5.41, 5.74) is 9.61. The molecule has 2 heterocycles. The van der Waals surface area contributed by atoms with E-state index in [2.05, 4.69) is 155 Å². The van der Waals surface area contributed by atoms with Crippen LogP contribution in [-0.2, 0) is 6.42 Å². The Balaban J connectivity index is 1.36. The quantitative estimate of drug-likeness (QED) is 0.152. The Labute approximate surface area is 297 Å². The minimum Gasteiger partial charge on any atom is -0.358 e. The molecule has 2 N–H and O–H groups in total. The number of aliphatic imine (C=N–C) groups is 1. The van der Waals surface area contributed by atoms with Gasteiger partial charge >= 0.3 is 0 Å². The zero-order valence-electron chi connectivity index (χ0n) is 28.8. The van der Waals surface area contributed by atoms with E-state index in [1.807, 2.05) is 0 Å². The number of allylic oxidation sites excluding steroid dienone is 10. The number of rotatable bonds is 7. The van der Waals surface area contributed by atoms with Crippen LogP contribution in [0.2, 0.25) is 5.54 Å². The van der Waals surface area contributed by atoms with Crippen LogP contribution in [-0.4, -0.2) is 24.3 Å². The molecule has 50 heavy (non-hydrogen) atoms. The maximum absolute atomic E-state index is 5.84. The van der Waals surface area contributed by atoms with Gasteiger partial charge in [0.2, 0.25) is 0 Å². The third kappa shape index (κ3) is 5.35. The molecule has 1 aromatic heterocycles. The summed E-state index contributed by atoms with van der Waals surface area (Å²) in [5.74, 6) is 0. The molecule has 0 fully saturated rings. The minimum absolute atomic E-state index is 0.0323. The summed E-state index contributed by atoms with van der Waals surface area (Å²) in [6.45, 7) is 0. The average molecular weight is 671 g/mol. The molecule has 0 bridgehead atoms. The van der Waals surface area contributed by atoms with Gasteiger partial charge in [-0.25, -0.2) is 0 Å². The summed E-state index contributed by atoms with van der Waals surface area (Å²) in [5, 5.41) is 12.5. The van der Waals surface area contributed by atoms with E-state index >= 15 is 0 Å². The fraction of sp³-hybridized carbons (Fsp3) is 0.267. The fourth-order valence-corrected chi connectivity index (χ4v) is 14.5. The predicted molar refractivity (Wildman–Crippen MR) is 213 cm³/mol. The standard InChI is InChI=1S/C45H46N4Si/c1-6-19-33(20-7-1)43-46-44(34-21-8-2-9-22-34)48-45(47-43)50(36-25-12-4-13-26-36,37-27-14-5-15-28-37)41-32-18-31-40-42(41)38-29-16-17-30-39(38)49(40)35-23-10-3-11-24-35/h1,4-7,10,12-15,17-21,23-27,30-32,37,43-44,46H,2-3,8-9,11,16,22,28-29H2,(H,47,48). The van der Waals surface area contributed by atoms with Crippen LogP contribution in [0.3, 0.4) is 0 Å². The second-order valence-electron chi connectivity index (χ2n) is 14.3. The molecule has 3 aromatic carbocycles. The van der Waals surface area contributed by atoms with Gasteiger partial charge in [-0.15, -0.1) is 0 Å². The van der Waals surface area contributed by atoms with E-state index in [0.717, 1.165) is 44.9 Å². The van der Waals surface area contributed by atoms with E-state index in [0.29, 0.717) is 0 Å². The van der Waals surface area contributed by atoms with Crippen molar-refractivity contribution in [3.8, 4) is 0 Å². The molecule has 0 saturated heterocycles. The maximum atomic E-state index is 5.84. The van der Waals surface area contributed by atoms with Crippen LogP contribution in [0.1, 0.15) is 74.4 Å². The highest BCUT2D eigenvalue weighted by molar-refractivity contribution is 7.24. The Morgan fingerprint density at radius 3 is 2.38 bits per heavy atom. The Kier molecular flexibility index (Phi) is 8.47. The number of hydrogen-bond donors (Lipinski definition) is 2. The van der Waals surface area contributed by atoms with Gasteiger partial charge in [-0.3, -0.25) is 10.3 Å². The van der Waals surface area contributed by atoms with Crippen molar-refractivity contribution < 1.29 is 0 Å². The Morgan fingerprint density at radius 2 is 1.60 bits per heavy atom. The van der Waals surface area contributed by atoms with Gasteiger partial charge in [0.15, 0.2) is 8.07 Å². The number of benzene rings is 3. The van der Waals surface area contributed by atoms with Gasteiger partial charge in [0, 0.05) is 16.8 Å². The summed E-state index contributed by atoms with van der Waals surface area (Å²) in [4.78, 5) is 5.84. The van der Waals surface area contributed by atoms with Crippen LogP contribution < -0.4 is 21.0 Å². The second-order valence-corrected chi connectivity index (χ2v) is 18.3. The van der Waals surface area contributed by atoms with Crippen molar-refractivity contribution in [1.29, 1.82) is 0 Å². The zero-order chi connectivity index (χ0) is 33.3. The van der Waals surface area contributed by atoms with E-state index in [-0.39, 0.29) is 17.9 Å². The number of aromatic nitrogens is 1. The smallest absolute Gasteiger partial charge is 0.199 e. The summed E-state index contributed by atoms with van der Waals surface area (Å²) >= 11 is 0. The van der Waals surface area contributed by atoms with Gasteiger partial charge in [0.25, 0.3) is 0 Å². The summed E-state index contributed by atoms with van der Waals surface area (Å²) in [6.07, 6.45) is 33.7. The lowest BCUT2D eigenvalue weighted by Gasteiger charge is -2.45. The van der Waals surface area contributed by atoms with Gasteiger partial charge in [0.05, 0.1) is 11.0 Å². The van der Waals surface area contributed by atoms with Crippen molar-refractivity contribution in [2.45, 2.75) is 75.7 Å².